The number of aromatic nitrogens is 3. The van der Waals surface area contributed by atoms with Crippen molar-refractivity contribution in [3.8, 4) is 0 Å². The Kier molecular flexibility index (Phi) is 6.82. The second kappa shape index (κ2) is 9.89. The molecule has 192 valence electrons. The SMILES string of the molecule is CC1CN(c2cc(F)c(CN3[C@@H](C)CCC(c4ccccc4)S3(=O)=O)c(F)c2)CCC1n1cnnc1. The molecular formula is C26H31F2N5O2S. The molecule has 3 aromatic rings. The van der Waals surface area contributed by atoms with Gasteiger partial charge in [0.1, 0.15) is 29.5 Å². The molecule has 2 aliphatic heterocycles. The van der Waals surface area contributed by atoms with Gasteiger partial charge in [-0.15, -0.1) is 10.2 Å². The minimum atomic E-state index is -3.79. The lowest BCUT2D eigenvalue weighted by molar-refractivity contribution is 0.275. The summed E-state index contributed by atoms with van der Waals surface area (Å²) in [5.41, 5.74) is 0.963. The van der Waals surface area contributed by atoms with Gasteiger partial charge in [0.25, 0.3) is 0 Å². The van der Waals surface area contributed by atoms with E-state index in [1.165, 1.54) is 16.4 Å². The Bertz CT molecular complexity index is 1280. The number of hydrogen-bond acceptors (Lipinski definition) is 5. The van der Waals surface area contributed by atoms with Gasteiger partial charge in [-0.2, -0.15) is 4.31 Å². The van der Waals surface area contributed by atoms with Crippen molar-refractivity contribution in [3.05, 3.63) is 77.9 Å². The summed E-state index contributed by atoms with van der Waals surface area (Å²) in [6.07, 6.45) is 5.30. The largest absolute Gasteiger partial charge is 0.371 e. The topological polar surface area (TPSA) is 71.3 Å². The summed E-state index contributed by atoms with van der Waals surface area (Å²) in [5.74, 6) is -1.21. The quantitative estimate of drug-likeness (QED) is 0.493. The minimum Gasteiger partial charge on any atom is -0.371 e. The summed E-state index contributed by atoms with van der Waals surface area (Å²) in [6.45, 7) is 4.85. The first-order chi connectivity index (χ1) is 17.3. The smallest absolute Gasteiger partial charge is 0.221 e. The van der Waals surface area contributed by atoms with Crippen LogP contribution in [-0.4, -0.2) is 46.6 Å². The molecular weight excluding hydrogens is 484 g/mol. The molecule has 0 amide bonds. The van der Waals surface area contributed by atoms with Crippen molar-refractivity contribution in [3.63, 3.8) is 0 Å². The molecule has 2 aromatic carbocycles. The predicted octanol–water partition coefficient (Wildman–Crippen LogP) is 4.70. The molecule has 0 N–H and O–H groups in total. The van der Waals surface area contributed by atoms with E-state index in [0.717, 1.165) is 6.42 Å². The molecule has 0 saturated carbocycles. The van der Waals surface area contributed by atoms with E-state index in [0.29, 0.717) is 37.2 Å². The lowest BCUT2D eigenvalue weighted by atomic mass is 9.93. The molecule has 10 heteroatoms. The summed E-state index contributed by atoms with van der Waals surface area (Å²) in [5, 5.41) is 7.05. The Balaban J connectivity index is 1.36. The van der Waals surface area contributed by atoms with Crippen LogP contribution in [-0.2, 0) is 16.6 Å². The Morgan fingerprint density at radius 2 is 1.64 bits per heavy atom. The number of halogens is 2. The van der Waals surface area contributed by atoms with Gasteiger partial charge in [0.05, 0.1) is 0 Å². The summed E-state index contributed by atoms with van der Waals surface area (Å²) in [7, 11) is -3.79. The van der Waals surface area contributed by atoms with Crippen LogP contribution in [0.5, 0.6) is 0 Å². The van der Waals surface area contributed by atoms with Crippen LogP contribution in [0.2, 0.25) is 0 Å². The third kappa shape index (κ3) is 4.64. The Morgan fingerprint density at radius 1 is 0.972 bits per heavy atom. The van der Waals surface area contributed by atoms with Crippen molar-refractivity contribution in [2.24, 2.45) is 5.92 Å². The van der Waals surface area contributed by atoms with E-state index >= 15 is 8.78 Å². The van der Waals surface area contributed by atoms with Crippen molar-refractivity contribution in [2.75, 3.05) is 18.0 Å². The van der Waals surface area contributed by atoms with Crippen LogP contribution in [0.4, 0.5) is 14.5 Å². The number of nitrogens with zero attached hydrogens (tertiary/aromatic N) is 5. The fourth-order valence-electron chi connectivity index (χ4n) is 5.62. The predicted molar refractivity (Wildman–Crippen MR) is 134 cm³/mol. The highest BCUT2D eigenvalue weighted by atomic mass is 32.2. The molecule has 1 aromatic heterocycles. The van der Waals surface area contributed by atoms with Crippen LogP contribution in [0.15, 0.2) is 55.1 Å². The highest BCUT2D eigenvalue weighted by Crippen LogP contribution is 2.39. The second-order valence-electron chi connectivity index (χ2n) is 9.99. The maximum Gasteiger partial charge on any atom is 0.221 e. The van der Waals surface area contributed by atoms with Gasteiger partial charge in [-0.05, 0) is 49.8 Å². The molecule has 0 radical (unpaired) electrons. The van der Waals surface area contributed by atoms with Crippen LogP contribution in [0, 0.1) is 17.6 Å². The van der Waals surface area contributed by atoms with Gasteiger partial charge >= 0.3 is 0 Å². The zero-order valence-electron chi connectivity index (χ0n) is 20.5. The summed E-state index contributed by atoms with van der Waals surface area (Å²) in [4.78, 5) is 1.98. The Morgan fingerprint density at radius 3 is 2.28 bits per heavy atom. The Hall–Kier alpha value is -2.85. The zero-order chi connectivity index (χ0) is 25.4. The third-order valence-corrected chi connectivity index (χ3v) is 10.1. The van der Waals surface area contributed by atoms with Crippen LogP contribution in [0.3, 0.4) is 0 Å². The normalized spacial score (nSPS) is 26.7. The molecule has 2 fully saturated rings. The van der Waals surface area contributed by atoms with Gasteiger partial charge in [0, 0.05) is 43.0 Å². The molecule has 5 rings (SSSR count). The molecule has 2 saturated heterocycles. The number of sulfonamides is 1. The lowest BCUT2D eigenvalue weighted by Crippen LogP contribution is -2.45. The molecule has 2 aliphatic rings. The molecule has 4 atom stereocenters. The zero-order valence-corrected chi connectivity index (χ0v) is 21.3. The van der Waals surface area contributed by atoms with Gasteiger partial charge < -0.3 is 9.47 Å². The number of benzene rings is 2. The first-order valence-corrected chi connectivity index (χ1v) is 13.9. The van der Waals surface area contributed by atoms with Crippen LogP contribution in [0.1, 0.15) is 55.5 Å². The third-order valence-electron chi connectivity index (χ3n) is 7.68. The van der Waals surface area contributed by atoms with Crippen molar-refractivity contribution < 1.29 is 17.2 Å². The minimum absolute atomic E-state index is 0.213. The summed E-state index contributed by atoms with van der Waals surface area (Å²) < 4.78 is 60.8. The first kappa shape index (κ1) is 24.8. The maximum absolute atomic E-state index is 15.3. The molecule has 0 bridgehead atoms. The monoisotopic (exact) mass is 515 g/mol. The average Bonchev–Trinajstić information content (AvgIpc) is 3.38. The molecule has 3 heterocycles. The van der Waals surface area contributed by atoms with Crippen molar-refractivity contribution in [1.29, 1.82) is 0 Å². The summed E-state index contributed by atoms with van der Waals surface area (Å²) >= 11 is 0. The summed E-state index contributed by atoms with van der Waals surface area (Å²) in [6, 6.07) is 11.6. The van der Waals surface area contributed by atoms with Gasteiger partial charge in [0.15, 0.2) is 0 Å². The molecule has 3 unspecified atom stereocenters. The Labute approximate surface area is 210 Å². The number of hydrogen-bond donors (Lipinski definition) is 0. The van der Waals surface area contributed by atoms with E-state index in [1.54, 1.807) is 43.8 Å². The molecule has 36 heavy (non-hydrogen) atoms. The van der Waals surface area contributed by atoms with Gasteiger partial charge in [-0.1, -0.05) is 37.3 Å². The highest BCUT2D eigenvalue weighted by Gasteiger charge is 2.41. The van der Waals surface area contributed by atoms with E-state index in [1.807, 2.05) is 15.5 Å². The number of rotatable bonds is 5. The first-order valence-electron chi connectivity index (χ1n) is 12.4. The van der Waals surface area contributed by atoms with Gasteiger partial charge in [-0.25, -0.2) is 17.2 Å². The molecule has 0 spiro atoms. The maximum atomic E-state index is 15.3. The van der Waals surface area contributed by atoms with E-state index in [-0.39, 0.29) is 30.1 Å². The van der Waals surface area contributed by atoms with Crippen LogP contribution >= 0.6 is 0 Å². The van der Waals surface area contributed by atoms with E-state index in [4.69, 9.17) is 0 Å². The van der Waals surface area contributed by atoms with E-state index in [2.05, 4.69) is 17.1 Å². The standard InChI is InChI=1S/C26H31F2N5O2S/c1-18-14-31(11-10-25(18)32-16-29-30-17-32)21-12-23(27)22(24(28)13-21)15-33-19(2)8-9-26(36(33,34)35)20-6-4-3-5-7-20/h3-7,12-13,16-19,25-26H,8-11,14-15H2,1-2H3/t18?,19-,25?,26?/m0/s1. The molecule has 7 nitrogen and oxygen atoms in total. The van der Waals surface area contributed by atoms with Gasteiger partial charge in [-0.3, -0.25) is 0 Å². The highest BCUT2D eigenvalue weighted by molar-refractivity contribution is 7.89. The van der Waals surface area contributed by atoms with Crippen molar-refractivity contribution >= 4 is 15.7 Å². The van der Waals surface area contributed by atoms with Crippen molar-refractivity contribution in [1.82, 2.24) is 19.1 Å². The van der Waals surface area contributed by atoms with Gasteiger partial charge in [0.2, 0.25) is 10.0 Å². The van der Waals surface area contributed by atoms with Crippen molar-refractivity contribution in [2.45, 2.75) is 57.0 Å². The van der Waals surface area contributed by atoms with E-state index in [9.17, 15) is 8.42 Å². The fourth-order valence-corrected chi connectivity index (χ4v) is 7.80. The van der Waals surface area contributed by atoms with E-state index < -0.39 is 26.9 Å². The number of anilines is 1. The fraction of sp³-hybridized carbons (Fsp3) is 0.462. The molecule has 0 aliphatic carbocycles. The second-order valence-corrected chi connectivity index (χ2v) is 12.1. The van der Waals surface area contributed by atoms with Crippen LogP contribution in [0.25, 0.3) is 0 Å². The average molecular weight is 516 g/mol. The number of piperidine rings is 1. The lowest BCUT2D eigenvalue weighted by Gasteiger charge is -2.39. The van der Waals surface area contributed by atoms with Crippen LogP contribution < -0.4 is 4.90 Å².